The van der Waals surface area contributed by atoms with Gasteiger partial charge in [-0.2, -0.15) is 0 Å². The average Bonchev–Trinajstić information content (AvgIpc) is 2.41. The van der Waals surface area contributed by atoms with Crippen molar-refractivity contribution in [2.45, 2.75) is 25.2 Å². The van der Waals surface area contributed by atoms with Gasteiger partial charge in [-0.25, -0.2) is 0 Å². The first-order valence-electron chi connectivity index (χ1n) is 5.29. The second-order valence-corrected chi connectivity index (χ2v) is 4.74. The number of rotatable bonds is 1. The molecule has 2 rings (SSSR count). The van der Waals surface area contributed by atoms with Crippen molar-refractivity contribution in [2.75, 3.05) is 13.2 Å². The van der Waals surface area contributed by atoms with Crippen LogP contribution in [0.3, 0.4) is 0 Å². The Hall–Kier alpha value is -0.730. The molecular weight excluding hydrogens is 210 g/mol. The molecule has 0 saturated carbocycles. The lowest BCUT2D eigenvalue weighted by molar-refractivity contribution is 0.313. The Balaban J connectivity index is 2.55. The highest BCUT2D eigenvalue weighted by Gasteiger charge is 2.31. The van der Waals surface area contributed by atoms with Crippen LogP contribution in [-0.2, 0) is 5.41 Å². The second-order valence-electron chi connectivity index (χ2n) is 4.33. The number of benzene rings is 1. The summed E-state index contributed by atoms with van der Waals surface area (Å²) in [6.45, 7) is 3.53. The quantitative estimate of drug-likeness (QED) is 0.798. The second kappa shape index (κ2) is 4.03. The van der Waals surface area contributed by atoms with Crippen molar-refractivity contribution >= 4 is 11.6 Å². The van der Waals surface area contributed by atoms with Gasteiger partial charge in [0.05, 0.1) is 11.6 Å². The van der Waals surface area contributed by atoms with E-state index < -0.39 is 0 Å². The number of halogens is 1. The fourth-order valence-corrected chi connectivity index (χ4v) is 2.34. The van der Waals surface area contributed by atoms with Crippen molar-refractivity contribution < 1.29 is 4.74 Å². The van der Waals surface area contributed by atoms with Gasteiger partial charge < -0.3 is 10.5 Å². The van der Waals surface area contributed by atoms with E-state index in [1.54, 1.807) is 0 Å². The molecule has 0 fully saturated rings. The number of hydrogen-bond acceptors (Lipinski definition) is 2. The first-order chi connectivity index (χ1) is 7.17. The molecule has 0 aliphatic carbocycles. The summed E-state index contributed by atoms with van der Waals surface area (Å²) in [6, 6.07) is 5.89. The Bertz CT molecular complexity index is 367. The van der Waals surface area contributed by atoms with Crippen molar-refractivity contribution in [3.8, 4) is 5.75 Å². The fourth-order valence-electron chi connectivity index (χ4n) is 2.11. The van der Waals surface area contributed by atoms with Crippen LogP contribution in [-0.4, -0.2) is 13.2 Å². The Morgan fingerprint density at radius 3 is 3.07 bits per heavy atom. The van der Waals surface area contributed by atoms with Gasteiger partial charge in [-0.1, -0.05) is 30.7 Å². The summed E-state index contributed by atoms with van der Waals surface area (Å²) in [4.78, 5) is 0. The van der Waals surface area contributed by atoms with Gasteiger partial charge in [0.15, 0.2) is 0 Å². The minimum Gasteiger partial charge on any atom is -0.492 e. The van der Waals surface area contributed by atoms with Crippen LogP contribution in [0, 0.1) is 0 Å². The molecule has 3 heteroatoms. The van der Waals surface area contributed by atoms with Crippen molar-refractivity contribution in [2.24, 2.45) is 5.73 Å². The molecule has 0 bridgehead atoms. The average molecular weight is 226 g/mol. The number of para-hydroxylation sites is 1. The minimum absolute atomic E-state index is 0.00324. The Labute approximate surface area is 95.4 Å². The SMILES string of the molecule is CC1(CN)CCCOc2c(Cl)cccc21. The van der Waals surface area contributed by atoms with E-state index in [4.69, 9.17) is 22.1 Å². The molecule has 0 spiro atoms. The lowest BCUT2D eigenvalue weighted by atomic mass is 9.79. The van der Waals surface area contributed by atoms with Gasteiger partial charge in [0.2, 0.25) is 0 Å². The van der Waals surface area contributed by atoms with Crippen LogP contribution in [0.5, 0.6) is 5.75 Å². The predicted octanol–water partition coefficient (Wildman–Crippen LogP) is 2.73. The van der Waals surface area contributed by atoms with E-state index in [9.17, 15) is 0 Å². The molecule has 0 amide bonds. The Morgan fingerprint density at radius 2 is 2.33 bits per heavy atom. The summed E-state index contributed by atoms with van der Waals surface area (Å²) in [7, 11) is 0. The maximum Gasteiger partial charge on any atom is 0.141 e. The molecule has 1 unspecified atom stereocenters. The lowest BCUT2D eigenvalue weighted by Gasteiger charge is -2.27. The van der Waals surface area contributed by atoms with Crippen molar-refractivity contribution in [1.82, 2.24) is 0 Å². The molecule has 1 aromatic carbocycles. The molecule has 2 nitrogen and oxygen atoms in total. The molecule has 0 aromatic heterocycles. The molecule has 1 atom stereocenters. The molecule has 82 valence electrons. The van der Waals surface area contributed by atoms with E-state index in [1.807, 2.05) is 12.1 Å². The Kier molecular flexibility index (Phi) is 2.89. The third-order valence-corrected chi connectivity index (χ3v) is 3.48. The topological polar surface area (TPSA) is 35.2 Å². The zero-order valence-corrected chi connectivity index (χ0v) is 9.68. The van der Waals surface area contributed by atoms with E-state index in [0.29, 0.717) is 11.6 Å². The van der Waals surface area contributed by atoms with Crippen LogP contribution in [0.2, 0.25) is 5.02 Å². The maximum absolute atomic E-state index is 6.13. The molecule has 15 heavy (non-hydrogen) atoms. The summed E-state index contributed by atoms with van der Waals surface area (Å²) < 4.78 is 5.69. The number of ether oxygens (including phenoxy) is 1. The molecule has 1 heterocycles. The molecular formula is C12H16ClNO. The first-order valence-corrected chi connectivity index (χ1v) is 5.67. The fraction of sp³-hybridized carbons (Fsp3) is 0.500. The normalized spacial score (nSPS) is 25.3. The number of fused-ring (bicyclic) bond motifs is 1. The van der Waals surface area contributed by atoms with Gasteiger partial charge in [-0.05, 0) is 18.9 Å². The van der Waals surface area contributed by atoms with Crippen LogP contribution in [0.1, 0.15) is 25.3 Å². The van der Waals surface area contributed by atoms with Gasteiger partial charge >= 0.3 is 0 Å². The summed E-state index contributed by atoms with van der Waals surface area (Å²) in [6.07, 6.45) is 2.08. The monoisotopic (exact) mass is 225 g/mol. The highest BCUT2D eigenvalue weighted by atomic mass is 35.5. The smallest absolute Gasteiger partial charge is 0.141 e. The molecule has 1 aliphatic heterocycles. The van der Waals surface area contributed by atoms with Crippen LogP contribution in [0.25, 0.3) is 0 Å². The van der Waals surface area contributed by atoms with Gasteiger partial charge in [-0.3, -0.25) is 0 Å². The molecule has 1 aliphatic rings. The standard InChI is InChI=1S/C12H16ClNO/c1-12(8-14)6-3-7-15-11-9(12)4-2-5-10(11)13/h2,4-5H,3,6-8,14H2,1H3. The highest BCUT2D eigenvalue weighted by Crippen LogP contribution is 2.41. The van der Waals surface area contributed by atoms with Crippen LogP contribution in [0.15, 0.2) is 18.2 Å². The molecule has 0 radical (unpaired) electrons. The zero-order chi connectivity index (χ0) is 10.9. The molecule has 1 aromatic rings. The number of nitrogens with two attached hydrogens (primary N) is 1. The van der Waals surface area contributed by atoms with E-state index in [2.05, 4.69) is 13.0 Å². The van der Waals surface area contributed by atoms with Gasteiger partial charge in [0.25, 0.3) is 0 Å². The summed E-state index contributed by atoms with van der Waals surface area (Å²) >= 11 is 6.13. The van der Waals surface area contributed by atoms with Crippen LogP contribution >= 0.6 is 11.6 Å². The van der Waals surface area contributed by atoms with Crippen molar-refractivity contribution in [1.29, 1.82) is 0 Å². The van der Waals surface area contributed by atoms with Crippen molar-refractivity contribution in [3.05, 3.63) is 28.8 Å². The van der Waals surface area contributed by atoms with E-state index in [1.165, 1.54) is 0 Å². The summed E-state index contributed by atoms with van der Waals surface area (Å²) in [5.41, 5.74) is 7.02. The zero-order valence-electron chi connectivity index (χ0n) is 8.92. The third-order valence-electron chi connectivity index (χ3n) is 3.19. The molecule has 0 saturated heterocycles. The largest absolute Gasteiger partial charge is 0.492 e. The van der Waals surface area contributed by atoms with E-state index in [-0.39, 0.29) is 5.41 Å². The van der Waals surface area contributed by atoms with Crippen molar-refractivity contribution in [3.63, 3.8) is 0 Å². The highest BCUT2D eigenvalue weighted by molar-refractivity contribution is 6.32. The van der Waals surface area contributed by atoms with Crippen LogP contribution < -0.4 is 10.5 Å². The Morgan fingerprint density at radius 1 is 1.53 bits per heavy atom. The predicted molar refractivity (Wildman–Crippen MR) is 62.6 cm³/mol. The van der Waals surface area contributed by atoms with Crippen LogP contribution in [0.4, 0.5) is 0 Å². The van der Waals surface area contributed by atoms with E-state index in [0.717, 1.165) is 30.8 Å². The number of hydrogen-bond donors (Lipinski definition) is 1. The summed E-state index contributed by atoms with van der Waals surface area (Å²) in [5.74, 6) is 0.824. The summed E-state index contributed by atoms with van der Waals surface area (Å²) in [5, 5.41) is 0.689. The van der Waals surface area contributed by atoms with Gasteiger partial charge in [0.1, 0.15) is 5.75 Å². The lowest BCUT2D eigenvalue weighted by Crippen LogP contribution is -2.31. The van der Waals surface area contributed by atoms with Gasteiger partial charge in [-0.15, -0.1) is 0 Å². The molecule has 2 N–H and O–H groups in total. The van der Waals surface area contributed by atoms with Gasteiger partial charge in [0, 0.05) is 17.5 Å². The first kappa shape index (κ1) is 10.8. The third kappa shape index (κ3) is 1.84. The maximum atomic E-state index is 6.13. The minimum atomic E-state index is -0.00324. The van der Waals surface area contributed by atoms with E-state index >= 15 is 0 Å².